The van der Waals surface area contributed by atoms with Gasteiger partial charge in [0.05, 0.1) is 22.1 Å². The van der Waals surface area contributed by atoms with Gasteiger partial charge in [-0.1, -0.05) is 41.9 Å². The number of rotatable bonds is 7. The Morgan fingerprint density at radius 3 is 2.56 bits per heavy atom. The van der Waals surface area contributed by atoms with Gasteiger partial charge in [0.25, 0.3) is 11.1 Å². The molecule has 174 valence electrons. The molecule has 0 aromatic heterocycles. The fraction of sp³-hybridized carbons (Fsp3) is 0.120. The zero-order valence-corrected chi connectivity index (χ0v) is 21.6. The second kappa shape index (κ2) is 10.8. The van der Waals surface area contributed by atoms with Crippen LogP contribution in [-0.2, 0) is 17.9 Å². The third-order valence-electron chi connectivity index (χ3n) is 5.01. The Hall–Kier alpha value is -2.56. The first-order valence-electron chi connectivity index (χ1n) is 10.1. The Labute approximate surface area is 219 Å². The number of carbonyl (C=O) groups is 2. The van der Waals surface area contributed by atoms with Gasteiger partial charge in [0, 0.05) is 10.6 Å². The van der Waals surface area contributed by atoms with E-state index in [4.69, 9.17) is 21.1 Å². The van der Waals surface area contributed by atoms with Gasteiger partial charge in [-0.05, 0) is 81.9 Å². The molecule has 0 radical (unpaired) electrons. The molecule has 0 bridgehead atoms. The largest absolute Gasteiger partial charge is 0.493 e. The van der Waals surface area contributed by atoms with Crippen LogP contribution >= 0.6 is 46.0 Å². The van der Waals surface area contributed by atoms with Crippen molar-refractivity contribution >= 4 is 63.2 Å². The Kier molecular flexibility index (Phi) is 7.80. The minimum absolute atomic E-state index is 0.118. The summed E-state index contributed by atoms with van der Waals surface area (Å²) in [7, 11) is 1.53. The highest BCUT2D eigenvalue weighted by atomic mass is 127. The van der Waals surface area contributed by atoms with Crippen LogP contribution in [0.5, 0.6) is 11.5 Å². The molecule has 1 aliphatic heterocycles. The molecule has 1 fully saturated rings. The molecule has 9 heteroatoms. The fourth-order valence-electron chi connectivity index (χ4n) is 3.28. The van der Waals surface area contributed by atoms with Gasteiger partial charge >= 0.3 is 0 Å². The van der Waals surface area contributed by atoms with E-state index in [1.54, 1.807) is 42.5 Å². The van der Waals surface area contributed by atoms with Crippen LogP contribution in [0.2, 0.25) is 5.02 Å². The van der Waals surface area contributed by atoms with Gasteiger partial charge in [-0.15, -0.1) is 0 Å². The van der Waals surface area contributed by atoms with Crippen molar-refractivity contribution in [2.24, 2.45) is 0 Å². The van der Waals surface area contributed by atoms with Crippen LogP contribution in [0.4, 0.5) is 9.18 Å². The number of imide groups is 1. The normalized spacial score (nSPS) is 14.7. The Morgan fingerprint density at radius 1 is 1.12 bits per heavy atom. The molecule has 3 aromatic carbocycles. The van der Waals surface area contributed by atoms with Crippen molar-refractivity contribution < 1.29 is 23.5 Å². The highest BCUT2D eigenvalue weighted by molar-refractivity contribution is 14.1. The molecule has 34 heavy (non-hydrogen) atoms. The van der Waals surface area contributed by atoms with E-state index in [9.17, 15) is 14.0 Å². The number of amides is 2. The summed E-state index contributed by atoms with van der Waals surface area (Å²) in [5, 5.41) is 0.211. The fourth-order valence-corrected chi connectivity index (χ4v) is 5.03. The summed E-state index contributed by atoms with van der Waals surface area (Å²) in [6.45, 7) is 0.213. The maximum Gasteiger partial charge on any atom is 0.293 e. The van der Waals surface area contributed by atoms with E-state index in [0.717, 1.165) is 25.8 Å². The lowest BCUT2D eigenvalue weighted by Crippen LogP contribution is -2.27. The molecule has 1 heterocycles. The lowest BCUT2D eigenvalue weighted by Gasteiger charge is -2.14. The molecule has 3 aromatic rings. The third-order valence-corrected chi connectivity index (χ3v) is 6.97. The van der Waals surface area contributed by atoms with Crippen LogP contribution in [0.1, 0.15) is 16.7 Å². The molecule has 0 aliphatic carbocycles. The summed E-state index contributed by atoms with van der Waals surface area (Å²) in [6, 6.07) is 17.0. The van der Waals surface area contributed by atoms with Gasteiger partial charge in [-0.2, -0.15) is 0 Å². The lowest BCUT2D eigenvalue weighted by atomic mass is 10.1. The van der Waals surface area contributed by atoms with Gasteiger partial charge < -0.3 is 9.47 Å². The Bertz CT molecular complexity index is 1280. The third kappa shape index (κ3) is 5.56. The van der Waals surface area contributed by atoms with E-state index in [1.807, 2.05) is 18.2 Å². The number of methoxy groups -OCH3 is 1. The molecule has 2 amide bonds. The maximum absolute atomic E-state index is 14.0. The number of ether oxygens (including phenoxy) is 2. The van der Waals surface area contributed by atoms with Crippen molar-refractivity contribution in [1.29, 1.82) is 0 Å². The smallest absolute Gasteiger partial charge is 0.293 e. The SMILES string of the molecule is COc1cc(/C=C2/SC(=O)N(Cc3ccccc3F)C2=O)cc(I)c1OCc1ccc(Cl)cc1. The minimum Gasteiger partial charge on any atom is -0.493 e. The first-order chi connectivity index (χ1) is 16.4. The van der Waals surface area contributed by atoms with Crippen LogP contribution in [-0.4, -0.2) is 23.2 Å². The molecule has 1 aliphatic rings. The number of thioether (sulfide) groups is 1. The molecule has 5 nitrogen and oxygen atoms in total. The number of hydrogen-bond donors (Lipinski definition) is 0. The van der Waals surface area contributed by atoms with Crippen molar-refractivity contribution in [3.8, 4) is 11.5 Å². The summed E-state index contributed by atoms with van der Waals surface area (Å²) in [5.41, 5.74) is 1.91. The van der Waals surface area contributed by atoms with Crippen LogP contribution in [0.15, 0.2) is 65.6 Å². The molecule has 0 atom stereocenters. The first kappa shape index (κ1) is 24.6. The van der Waals surface area contributed by atoms with Crippen molar-refractivity contribution in [1.82, 2.24) is 4.90 Å². The van der Waals surface area contributed by atoms with Crippen molar-refractivity contribution in [3.63, 3.8) is 0 Å². The van der Waals surface area contributed by atoms with Gasteiger partial charge in [-0.3, -0.25) is 14.5 Å². The summed E-state index contributed by atoms with van der Waals surface area (Å²) in [5.74, 6) is 0.148. The van der Waals surface area contributed by atoms with Crippen molar-refractivity contribution in [2.45, 2.75) is 13.2 Å². The second-order valence-corrected chi connectivity index (χ2v) is 9.90. The Balaban J connectivity index is 1.53. The van der Waals surface area contributed by atoms with E-state index in [-0.39, 0.29) is 17.0 Å². The number of halogens is 3. The van der Waals surface area contributed by atoms with E-state index in [2.05, 4.69) is 22.6 Å². The second-order valence-electron chi connectivity index (χ2n) is 7.31. The predicted molar refractivity (Wildman–Crippen MR) is 139 cm³/mol. The topological polar surface area (TPSA) is 55.8 Å². The van der Waals surface area contributed by atoms with Gasteiger partial charge in [0.2, 0.25) is 0 Å². The lowest BCUT2D eigenvalue weighted by molar-refractivity contribution is -0.123. The number of hydrogen-bond acceptors (Lipinski definition) is 5. The zero-order valence-electron chi connectivity index (χ0n) is 17.9. The first-order valence-corrected chi connectivity index (χ1v) is 12.4. The van der Waals surface area contributed by atoms with Gasteiger partial charge in [-0.25, -0.2) is 4.39 Å². The zero-order chi connectivity index (χ0) is 24.2. The summed E-state index contributed by atoms with van der Waals surface area (Å²) < 4.78 is 26.3. The highest BCUT2D eigenvalue weighted by Crippen LogP contribution is 2.38. The van der Waals surface area contributed by atoms with E-state index < -0.39 is 17.0 Å². The maximum atomic E-state index is 14.0. The monoisotopic (exact) mass is 609 g/mol. The molecule has 0 unspecified atom stereocenters. The number of benzene rings is 3. The van der Waals surface area contributed by atoms with E-state index in [1.165, 1.54) is 13.2 Å². The highest BCUT2D eigenvalue weighted by Gasteiger charge is 2.35. The summed E-state index contributed by atoms with van der Waals surface area (Å²) in [4.78, 5) is 26.6. The molecular formula is C25H18ClFINO4S. The van der Waals surface area contributed by atoms with Crippen LogP contribution in [0.3, 0.4) is 0 Å². The summed E-state index contributed by atoms with van der Waals surface area (Å²) in [6.07, 6.45) is 1.62. The molecule has 0 N–H and O–H groups in total. The number of nitrogens with zero attached hydrogens (tertiary/aromatic N) is 1. The molecule has 4 rings (SSSR count). The van der Waals surface area contributed by atoms with Crippen molar-refractivity contribution in [3.05, 3.63) is 96.7 Å². The minimum atomic E-state index is -0.463. The molecule has 0 spiro atoms. The van der Waals surface area contributed by atoms with Crippen molar-refractivity contribution in [2.75, 3.05) is 7.11 Å². The van der Waals surface area contributed by atoms with Crippen LogP contribution in [0.25, 0.3) is 6.08 Å². The van der Waals surface area contributed by atoms with Gasteiger partial charge in [0.15, 0.2) is 11.5 Å². The van der Waals surface area contributed by atoms with Crippen LogP contribution in [0, 0.1) is 9.39 Å². The average Bonchev–Trinajstić information content (AvgIpc) is 3.07. The Morgan fingerprint density at radius 2 is 1.85 bits per heavy atom. The van der Waals surface area contributed by atoms with E-state index >= 15 is 0 Å². The standard InChI is InChI=1S/C25H18ClFINO4S/c1-32-21-11-16(10-20(28)23(21)33-14-15-6-8-18(26)9-7-15)12-22-24(30)29(25(31)34-22)13-17-4-2-3-5-19(17)27/h2-12H,13-14H2,1H3/b22-12+. The predicted octanol–water partition coefficient (Wildman–Crippen LogP) is 6.91. The number of carbonyl (C=O) groups excluding carboxylic acids is 2. The van der Waals surface area contributed by atoms with Crippen LogP contribution < -0.4 is 9.47 Å². The molecular weight excluding hydrogens is 592 g/mol. The quantitative estimate of drug-likeness (QED) is 0.215. The average molecular weight is 610 g/mol. The van der Waals surface area contributed by atoms with E-state index in [0.29, 0.717) is 28.7 Å². The summed E-state index contributed by atoms with van der Waals surface area (Å²) >= 11 is 8.89. The molecule has 1 saturated heterocycles. The molecule has 0 saturated carbocycles. The van der Waals surface area contributed by atoms with Gasteiger partial charge in [0.1, 0.15) is 12.4 Å².